The van der Waals surface area contributed by atoms with Crippen molar-refractivity contribution in [2.24, 2.45) is 0 Å². The van der Waals surface area contributed by atoms with Crippen LogP contribution in [-0.4, -0.2) is 23.3 Å². The minimum atomic E-state index is -1.37. The zero-order chi connectivity index (χ0) is 14.2. The molecule has 0 aliphatic rings. The van der Waals surface area contributed by atoms with Crippen LogP contribution in [0.4, 0.5) is 8.78 Å². The molecule has 2 aromatic rings. The number of carbonyl (C=O) groups is 1. The summed E-state index contributed by atoms with van der Waals surface area (Å²) in [7, 11) is 1.26. The summed E-state index contributed by atoms with van der Waals surface area (Å²) in [6.45, 7) is 0. The summed E-state index contributed by atoms with van der Waals surface area (Å²) in [6, 6.07) is 1.88. The van der Waals surface area contributed by atoms with Crippen LogP contribution in [0.3, 0.4) is 0 Å². The Balaban J connectivity index is 2.69. The van der Waals surface area contributed by atoms with Gasteiger partial charge in [0.25, 0.3) is 0 Å². The topological polar surface area (TPSA) is 72.6 Å². The van der Waals surface area contributed by atoms with E-state index in [1.807, 2.05) is 0 Å². The Morgan fingerprint density at radius 3 is 2.68 bits per heavy atom. The Kier molecular flexibility index (Phi) is 3.52. The molecule has 0 aliphatic carbocycles. The van der Waals surface area contributed by atoms with Crippen LogP contribution in [0.5, 0.6) is 5.75 Å². The predicted molar refractivity (Wildman–Crippen MR) is 63.1 cm³/mol. The number of aromatic nitrogens is 1. The molecular weight excluding hydrogens is 328 g/mol. The zero-order valence-electron chi connectivity index (χ0n) is 9.41. The number of methoxy groups -OCH3 is 1. The van der Waals surface area contributed by atoms with E-state index in [9.17, 15) is 13.6 Å². The van der Waals surface area contributed by atoms with Gasteiger partial charge in [-0.2, -0.15) is 0 Å². The van der Waals surface area contributed by atoms with E-state index in [1.54, 1.807) is 0 Å². The summed E-state index contributed by atoms with van der Waals surface area (Å²) in [5.41, 5.74) is -0.488. The number of hydrogen-bond acceptors (Lipinski definition) is 4. The second kappa shape index (κ2) is 4.96. The third-order valence-electron chi connectivity index (χ3n) is 2.31. The molecule has 0 radical (unpaired) electrons. The minimum absolute atomic E-state index is 0.0101. The number of carboxylic acids is 1. The van der Waals surface area contributed by atoms with E-state index in [4.69, 9.17) is 9.84 Å². The molecule has 0 bridgehead atoms. The van der Waals surface area contributed by atoms with Gasteiger partial charge in [0, 0.05) is 6.07 Å². The highest BCUT2D eigenvalue weighted by atomic mass is 79.9. The molecule has 0 saturated heterocycles. The number of nitrogens with zero attached hydrogens (tertiary/aromatic N) is 1. The maximum absolute atomic E-state index is 13.8. The first kappa shape index (κ1) is 13.5. The fourth-order valence-electron chi connectivity index (χ4n) is 1.50. The van der Waals surface area contributed by atoms with Gasteiger partial charge in [-0.3, -0.25) is 0 Å². The number of hydrogen-bond donors (Lipinski definition) is 1. The number of carboxylic acid groups (broad SMARTS) is 1. The standard InChI is InChI=1S/C11H6BrF2NO4/c1-18-10-4(12)2-5(13)9(14)8(10)6-3-7(11(16)17)19-15-6/h2-3H,1H3,(H,16,17). The van der Waals surface area contributed by atoms with E-state index in [2.05, 4.69) is 25.6 Å². The lowest BCUT2D eigenvalue weighted by molar-refractivity contribution is 0.0652. The molecular formula is C11H6BrF2NO4. The number of halogens is 3. The van der Waals surface area contributed by atoms with Gasteiger partial charge in [0.15, 0.2) is 11.6 Å². The van der Waals surface area contributed by atoms with Crippen molar-refractivity contribution in [1.29, 1.82) is 0 Å². The lowest BCUT2D eigenvalue weighted by Gasteiger charge is -2.09. The quantitative estimate of drug-likeness (QED) is 0.874. The normalized spacial score (nSPS) is 10.5. The zero-order valence-corrected chi connectivity index (χ0v) is 11.0. The van der Waals surface area contributed by atoms with Gasteiger partial charge >= 0.3 is 5.97 Å². The van der Waals surface area contributed by atoms with E-state index in [0.717, 1.165) is 12.1 Å². The first-order valence-corrected chi connectivity index (χ1v) is 5.67. The van der Waals surface area contributed by atoms with Crippen molar-refractivity contribution in [3.8, 4) is 17.0 Å². The molecule has 1 N–H and O–H groups in total. The van der Waals surface area contributed by atoms with Crippen LogP contribution in [0.15, 0.2) is 21.1 Å². The molecule has 19 heavy (non-hydrogen) atoms. The van der Waals surface area contributed by atoms with Crippen molar-refractivity contribution in [3.63, 3.8) is 0 Å². The van der Waals surface area contributed by atoms with Gasteiger partial charge in [-0.05, 0) is 22.0 Å². The number of ether oxygens (including phenoxy) is 1. The molecule has 100 valence electrons. The fourth-order valence-corrected chi connectivity index (χ4v) is 2.06. The van der Waals surface area contributed by atoms with Crippen molar-refractivity contribution in [2.45, 2.75) is 0 Å². The Bertz CT molecular complexity index is 656. The average molecular weight is 334 g/mol. The van der Waals surface area contributed by atoms with Gasteiger partial charge in [-0.15, -0.1) is 0 Å². The van der Waals surface area contributed by atoms with Gasteiger partial charge in [0.05, 0.1) is 17.1 Å². The van der Waals surface area contributed by atoms with E-state index < -0.39 is 23.4 Å². The van der Waals surface area contributed by atoms with Crippen LogP contribution < -0.4 is 4.74 Å². The lowest BCUT2D eigenvalue weighted by atomic mass is 10.1. The summed E-state index contributed by atoms with van der Waals surface area (Å²) in [4.78, 5) is 10.7. The highest BCUT2D eigenvalue weighted by molar-refractivity contribution is 9.10. The molecule has 1 heterocycles. The average Bonchev–Trinajstić information content (AvgIpc) is 2.82. The SMILES string of the molecule is COc1c(Br)cc(F)c(F)c1-c1cc(C(=O)O)on1. The minimum Gasteiger partial charge on any atom is -0.495 e. The van der Waals surface area contributed by atoms with Crippen molar-refractivity contribution in [1.82, 2.24) is 5.16 Å². The van der Waals surface area contributed by atoms with Crippen LogP contribution >= 0.6 is 15.9 Å². The smallest absolute Gasteiger partial charge is 0.374 e. The second-order valence-corrected chi connectivity index (χ2v) is 4.30. The summed E-state index contributed by atoms with van der Waals surface area (Å²) in [5.74, 6) is -4.19. The molecule has 0 saturated carbocycles. The Labute approximate surface area is 113 Å². The first-order valence-electron chi connectivity index (χ1n) is 4.87. The van der Waals surface area contributed by atoms with Crippen molar-refractivity contribution in [2.75, 3.05) is 7.11 Å². The van der Waals surface area contributed by atoms with Crippen LogP contribution in [0.2, 0.25) is 0 Å². The van der Waals surface area contributed by atoms with Crippen LogP contribution in [0.25, 0.3) is 11.3 Å². The molecule has 1 aromatic carbocycles. The monoisotopic (exact) mass is 333 g/mol. The second-order valence-electron chi connectivity index (χ2n) is 3.44. The van der Waals surface area contributed by atoms with Crippen LogP contribution in [-0.2, 0) is 0 Å². The van der Waals surface area contributed by atoms with Crippen LogP contribution in [0, 0.1) is 11.6 Å². The van der Waals surface area contributed by atoms with Gasteiger partial charge in [0.2, 0.25) is 5.76 Å². The van der Waals surface area contributed by atoms with E-state index in [-0.39, 0.29) is 21.5 Å². The highest BCUT2D eigenvalue weighted by Crippen LogP contribution is 2.39. The molecule has 0 aliphatic heterocycles. The Morgan fingerprint density at radius 1 is 1.47 bits per heavy atom. The van der Waals surface area contributed by atoms with Gasteiger partial charge in [-0.1, -0.05) is 5.16 Å². The summed E-state index contributed by atoms with van der Waals surface area (Å²) in [6.07, 6.45) is 0. The first-order chi connectivity index (χ1) is 8.95. The van der Waals surface area contributed by atoms with Crippen molar-refractivity contribution in [3.05, 3.63) is 34.0 Å². The summed E-state index contributed by atoms with van der Waals surface area (Å²) in [5, 5.41) is 12.1. The van der Waals surface area contributed by atoms with E-state index >= 15 is 0 Å². The maximum atomic E-state index is 13.8. The molecule has 8 heteroatoms. The van der Waals surface area contributed by atoms with Crippen molar-refractivity contribution < 1.29 is 27.9 Å². The van der Waals surface area contributed by atoms with E-state index in [1.165, 1.54) is 7.11 Å². The van der Waals surface area contributed by atoms with Gasteiger partial charge in [-0.25, -0.2) is 13.6 Å². The molecule has 1 aromatic heterocycles. The fraction of sp³-hybridized carbons (Fsp3) is 0.0909. The third kappa shape index (κ3) is 2.30. The number of rotatable bonds is 3. The Morgan fingerprint density at radius 2 is 2.16 bits per heavy atom. The molecule has 5 nitrogen and oxygen atoms in total. The van der Waals surface area contributed by atoms with E-state index in [0.29, 0.717) is 0 Å². The number of benzene rings is 1. The Hall–Kier alpha value is -1.96. The third-order valence-corrected chi connectivity index (χ3v) is 2.90. The summed E-state index contributed by atoms with van der Waals surface area (Å²) < 4.78 is 36.8. The molecule has 0 unspecified atom stereocenters. The molecule has 0 amide bonds. The van der Waals surface area contributed by atoms with Gasteiger partial charge < -0.3 is 14.4 Å². The van der Waals surface area contributed by atoms with Gasteiger partial charge in [0.1, 0.15) is 11.4 Å². The lowest BCUT2D eigenvalue weighted by Crippen LogP contribution is -1.97. The molecule has 0 spiro atoms. The highest BCUT2D eigenvalue weighted by Gasteiger charge is 2.24. The number of aromatic carboxylic acids is 1. The molecule has 2 rings (SSSR count). The molecule has 0 fully saturated rings. The largest absolute Gasteiger partial charge is 0.495 e. The van der Waals surface area contributed by atoms with Crippen LogP contribution in [0.1, 0.15) is 10.6 Å². The maximum Gasteiger partial charge on any atom is 0.374 e. The predicted octanol–water partition coefficient (Wildman–Crippen LogP) is 3.09. The summed E-state index contributed by atoms with van der Waals surface area (Å²) >= 11 is 3.02. The molecule has 0 atom stereocenters. The van der Waals surface area contributed by atoms with Crippen molar-refractivity contribution >= 4 is 21.9 Å².